The molecule has 0 saturated heterocycles. The van der Waals surface area contributed by atoms with Crippen molar-refractivity contribution in [2.24, 2.45) is 0 Å². The Labute approximate surface area is 107 Å². The molecule has 18 heavy (non-hydrogen) atoms. The topological polar surface area (TPSA) is 63.6 Å². The van der Waals surface area contributed by atoms with Gasteiger partial charge in [0.05, 0.1) is 23.6 Å². The highest BCUT2D eigenvalue weighted by Crippen LogP contribution is 2.07. The fourth-order valence-corrected chi connectivity index (χ4v) is 1.69. The Hall–Kier alpha value is -2.04. The van der Waals surface area contributed by atoms with Crippen molar-refractivity contribution in [3.8, 4) is 0 Å². The summed E-state index contributed by atoms with van der Waals surface area (Å²) in [4.78, 5) is 8.70. The smallest absolute Gasteiger partial charge is 0.243 e. The van der Waals surface area contributed by atoms with Crippen molar-refractivity contribution in [2.45, 2.75) is 33.2 Å². The van der Waals surface area contributed by atoms with Gasteiger partial charge in [0, 0.05) is 6.20 Å². The van der Waals surface area contributed by atoms with E-state index in [1.165, 1.54) is 0 Å². The summed E-state index contributed by atoms with van der Waals surface area (Å²) in [6.07, 6.45) is 3.51. The van der Waals surface area contributed by atoms with Gasteiger partial charge in [-0.1, -0.05) is 19.9 Å². The molecule has 0 amide bonds. The maximum absolute atomic E-state index is 4.46. The Morgan fingerprint density at radius 3 is 2.56 bits per heavy atom. The van der Waals surface area contributed by atoms with Gasteiger partial charge in [-0.15, -0.1) is 5.10 Å². The minimum absolute atomic E-state index is 0.565. The summed E-state index contributed by atoms with van der Waals surface area (Å²) in [5.41, 5.74) is 2.94. The molecule has 5 nitrogen and oxygen atoms in total. The zero-order chi connectivity index (χ0) is 12.8. The molecular formula is C13H17N5. The Morgan fingerprint density at radius 2 is 1.89 bits per heavy atom. The number of aryl methyl sites for hydroxylation is 2. The van der Waals surface area contributed by atoms with E-state index in [0.717, 1.165) is 29.9 Å². The Bertz CT molecular complexity index is 498. The van der Waals surface area contributed by atoms with Gasteiger partial charge in [0.2, 0.25) is 5.95 Å². The van der Waals surface area contributed by atoms with Crippen LogP contribution < -0.4 is 5.32 Å². The van der Waals surface area contributed by atoms with Crippen molar-refractivity contribution in [3.05, 3.63) is 41.5 Å². The summed E-state index contributed by atoms with van der Waals surface area (Å²) < 4.78 is 0. The lowest BCUT2D eigenvalue weighted by Gasteiger charge is -2.07. The summed E-state index contributed by atoms with van der Waals surface area (Å²) in [5, 5.41) is 11.4. The lowest BCUT2D eigenvalue weighted by Crippen LogP contribution is -2.10. The molecule has 0 aromatic carbocycles. The van der Waals surface area contributed by atoms with Crippen LogP contribution in [0.25, 0.3) is 0 Å². The molecule has 94 valence electrons. The third-order valence-corrected chi connectivity index (χ3v) is 2.66. The van der Waals surface area contributed by atoms with Crippen LogP contribution in [0.3, 0.4) is 0 Å². The molecule has 5 heteroatoms. The number of aromatic nitrogens is 4. The van der Waals surface area contributed by atoms with Crippen LogP contribution in [0.1, 0.15) is 30.9 Å². The van der Waals surface area contributed by atoms with E-state index in [0.29, 0.717) is 12.5 Å². The standard InChI is InChI=1S/C13H17N5/c1-3-11-12(4-2)17-18-13(16-11)15-9-10-7-5-6-8-14-10/h5-8H,3-4,9H2,1-2H3,(H,15,16,18). The number of anilines is 1. The monoisotopic (exact) mass is 243 g/mol. The van der Waals surface area contributed by atoms with Gasteiger partial charge in [-0.05, 0) is 25.0 Å². The second-order valence-corrected chi connectivity index (χ2v) is 3.91. The molecule has 0 aliphatic heterocycles. The first kappa shape index (κ1) is 12.4. The molecule has 2 aromatic rings. The second-order valence-electron chi connectivity index (χ2n) is 3.91. The summed E-state index contributed by atoms with van der Waals surface area (Å²) in [6, 6.07) is 5.81. The van der Waals surface area contributed by atoms with Crippen molar-refractivity contribution in [2.75, 3.05) is 5.32 Å². The summed E-state index contributed by atoms with van der Waals surface area (Å²) in [6.45, 7) is 4.74. The quantitative estimate of drug-likeness (QED) is 0.870. The molecule has 0 spiro atoms. The van der Waals surface area contributed by atoms with Gasteiger partial charge in [0.15, 0.2) is 0 Å². The minimum atomic E-state index is 0.565. The lowest BCUT2D eigenvalue weighted by molar-refractivity contribution is 0.817. The first-order chi connectivity index (χ1) is 8.83. The van der Waals surface area contributed by atoms with Crippen LogP contribution in [-0.4, -0.2) is 20.2 Å². The normalized spacial score (nSPS) is 10.3. The largest absolute Gasteiger partial charge is 0.347 e. The number of nitrogens with one attached hydrogen (secondary N) is 1. The number of hydrogen-bond donors (Lipinski definition) is 1. The van der Waals surface area contributed by atoms with Crippen LogP contribution in [0.15, 0.2) is 24.4 Å². The van der Waals surface area contributed by atoms with Crippen LogP contribution in [0.4, 0.5) is 5.95 Å². The van der Waals surface area contributed by atoms with E-state index in [4.69, 9.17) is 0 Å². The first-order valence-electron chi connectivity index (χ1n) is 6.19. The first-order valence-corrected chi connectivity index (χ1v) is 6.19. The summed E-state index contributed by atoms with van der Waals surface area (Å²) in [7, 11) is 0. The molecule has 2 rings (SSSR count). The van der Waals surface area contributed by atoms with Crippen LogP contribution in [-0.2, 0) is 19.4 Å². The van der Waals surface area contributed by atoms with Crippen molar-refractivity contribution < 1.29 is 0 Å². The molecular weight excluding hydrogens is 226 g/mol. The van der Waals surface area contributed by atoms with Gasteiger partial charge in [-0.3, -0.25) is 4.98 Å². The maximum atomic E-state index is 4.46. The van der Waals surface area contributed by atoms with Crippen molar-refractivity contribution in [1.82, 2.24) is 20.2 Å². The second kappa shape index (κ2) is 6.05. The van der Waals surface area contributed by atoms with E-state index in [-0.39, 0.29) is 0 Å². The predicted molar refractivity (Wildman–Crippen MR) is 70.1 cm³/mol. The van der Waals surface area contributed by atoms with E-state index >= 15 is 0 Å². The fraction of sp³-hybridized carbons (Fsp3) is 0.385. The van der Waals surface area contributed by atoms with Gasteiger partial charge in [0.1, 0.15) is 0 Å². The Balaban J connectivity index is 2.06. The number of rotatable bonds is 5. The summed E-state index contributed by atoms with van der Waals surface area (Å²) >= 11 is 0. The molecule has 0 aliphatic rings. The number of nitrogens with zero attached hydrogens (tertiary/aromatic N) is 4. The molecule has 0 aliphatic carbocycles. The van der Waals surface area contributed by atoms with Gasteiger partial charge in [-0.2, -0.15) is 5.10 Å². The van der Waals surface area contributed by atoms with Gasteiger partial charge < -0.3 is 5.32 Å². The molecule has 2 heterocycles. The third kappa shape index (κ3) is 3.00. The number of hydrogen-bond acceptors (Lipinski definition) is 5. The molecule has 0 atom stereocenters. The SMILES string of the molecule is CCc1nnc(NCc2ccccn2)nc1CC. The average molecular weight is 243 g/mol. The van der Waals surface area contributed by atoms with Gasteiger partial charge >= 0.3 is 0 Å². The Kier molecular flexibility index (Phi) is 4.17. The van der Waals surface area contributed by atoms with E-state index in [9.17, 15) is 0 Å². The third-order valence-electron chi connectivity index (χ3n) is 2.66. The van der Waals surface area contributed by atoms with E-state index < -0.39 is 0 Å². The number of pyridine rings is 1. The molecule has 0 saturated carbocycles. The highest BCUT2D eigenvalue weighted by atomic mass is 15.2. The molecule has 2 aromatic heterocycles. The minimum Gasteiger partial charge on any atom is -0.347 e. The van der Waals surface area contributed by atoms with E-state index in [2.05, 4.69) is 39.3 Å². The van der Waals surface area contributed by atoms with Crippen LogP contribution in [0.5, 0.6) is 0 Å². The zero-order valence-electron chi connectivity index (χ0n) is 10.7. The van der Waals surface area contributed by atoms with Crippen molar-refractivity contribution in [1.29, 1.82) is 0 Å². The molecule has 1 N–H and O–H groups in total. The van der Waals surface area contributed by atoms with Crippen molar-refractivity contribution in [3.63, 3.8) is 0 Å². The summed E-state index contributed by atoms with van der Waals surface area (Å²) in [5.74, 6) is 0.565. The molecule has 0 unspecified atom stereocenters. The molecule has 0 bridgehead atoms. The van der Waals surface area contributed by atoms with Gasteiger partial charge in [0.25, 0.3) is 0 Å². The lowest BCUT2D eigenvalue weighted by atomic mass is 10.2. The highest BCUT2D eigenvalue weighted by molar-refractivity contribution is 5.26. The van der Waals surface area contributed by atoms with E-state index in [1.54, 1.807) is 6.20 Å². The van der Waals surface area contributed by atoms with E-state index in [1.807, 2.05) is 18.2 Å². The average Bonchev–Trinajstić information content (AvgIpc) is 2.45. The van der Waals surface area contributed by atoms with Crippen molar-refractivity contribution >= 4 is 5.95 Å². The van der Waals surface area contributed by atoms with Crippen LogP contribution in [0.2, 0.25) is 0 Å². The highest BCUT2D eigenvalue weighted by Gasteiger charge is 2.05. The van der Waals surface area contributed by atoms with Gasteiger partial charge in [-0.25, -0.2) is 4.98 Å². The fourth-order valence-electron chi connectivity index (χ4n) is 1.69. The van der Waals surface area contributed by atoms with Crippen LogP contribution in [0, 0.1) is 0 Å². The molecule has 0 radical (unpaired) electrons. The maximum Gasteiger partial charge on any atom is 0.243 e. The zero-order valence-corrected chi connectivity index (χ0v) is 10.7. The van der Waals surface area contributed by atoms with Crippen LogP contribution >= 0.6 is 0 Å². The Morgan fingerprint density at radius 1 is 1.06 bits per heavy atom. The molecule has 0 fully saturated rings. The predicted octanol–water partition coefficient (Wildman–Crippen LogP) is 2.00.